The summed E-state index contributed by atoms with van der Waals surface area (Å²) in [6, 6.07) is -4.11. The number of hydrogen-bond donors (Lipinski definition) is 6. The molecule has 0 rings (SSSR count). The fourth-order valence-electron chi connectivity index (χ4n) is 1.49. The van der Waals surface area contributed by atoms with E-state index in [-0.39, 0.29) is 13.2 Å². The second kappa shape index (κ2) is 17.3. The zero-order valence-electron chi connectivity index (χ0n) is 18.2. The SMILES string of the molecule is CSCC[C@H](N)C(=O)OC[C@H](N)C(=O)O.C[C@H](N)C(=O)OC(=O)[C@@H](N)[C@@H](C)OC(=O)CN. The van der Waals surface area contributed by atoms with Crippen LogP contribution in [-0.2, 0) is 38.2 Å². The molecule has 0 saturated carbocycles. The van der Waals surface area contributed by atoms with Crippen molar-refractivity contribution in [2.75, 3.05) is 25.2 Å². The third-order valence-corrected chi connectivity index (χ3v) is 4.14. The van der Waals surface area contributed by atoms with Crippen LogP contribution in [0.25, 0.3) is 0 Å². The molecule has 0 radical (unpaired) electrons. The molecule has 0 fully saturated rings. The van der Waals surface area contributed by atoms with E-state index in [9.17, 15) is 24.0 Å². The van der Waals surface area contributed by atoms with Crippen LogP contribution in [0.3, 0.4) is 0 Å². The first-order chi connectivity index (χ1) is 14.8. The van der Waals surface area contributed by atoms with Gasteiger partial charge in [0.05, 0.1) is 6.54 Å². The van der Waals surface area contributed by atoms with Gasteiger partial charge in [-0.2, -0.15) is 11.8 Å². The van der Waals surface area contributed by atoms with Crippen LogP contribution in [0.15, 0.2) is 0 Å². The van der Waals surface area contributed by atoms with Crippen molar-refractivity contribution in [1.29, 1.82) is 0 Å². The fraction of sp³-hybridized carbons (Fsp3) is 0.706. The summed E-state index contributed by atoms with van der Waals surface area (Å²) < 4.78 is 13.7. The number of thioether (sulfide) groups is 1. The molecule has 0 amide bonds. The molecule has 0 aromatic carbocycles. The van der Waals surface area contributed by atoms with E-state index in [1.165, 1.54) is 13.8 Å². The lowest BCUT2D eigenvalue weighted by Crippen LogP contribution is -2.46. The minimum atomic E-state index is -1.27. The molecule has 0 aromatic heterocycles. The molecule has 32 heavy (non-hydrogen) atoms. The van der Waals surface area contributed by atoms with Gasteiger partial charge in [0.25, 0.3) is 0 Å². The van der Waals surface area contributed by atoms with Crippen molar-refractivity contribution in [3.8, 4) is 0 Å². The summed E-state index contributed by atoms with van der Waals surface area (Å²) in [7, 11) is 0. The van der Waals surface area contributed by atoms with Gasteiger partial charge < -0.3 is 48.0 Å². The van der Waals surface area contributed by atoms with E-state index in [4.69, 9.17) is 38.5 Å². The van der Waals surface area contributed by atoms with Crippen molar-refractivity contribution in [2.24, 2.45) is 28.7 Å². The molecule has 5 atom stereocenters. The smallest absolute Gasteiger partial charge is 0.334 e. The number of carboxylic acid groups (broad SMARTS) is 1. The number of carbonyl (C=O) groups excluding carboxylic acids is 4. The summed E-state index contributed by atoms with van der Waals surface area (Å²) in [5.74, 6) is -3.69. The Balaban J connectivity index is 0. The molecule has 0 aromatic rings. The Kier molecular flexibility index (Phi) is 17.2. The van der Waals surface area contributed by atoms with Gasteiger partial charge in [-0.1, -0.05) is 0 Å². The summed E-state index contributed by atoms with van der Waals surface area (Å²) in [6.07, 6.45) is 1.46. The van der Waals surface area contributed by atoms with Crippen LogP contribution in [0.1, 0.15) is 20.3 Å². The second-order valence-corrected chi connectivity index (χ2v) is 7.40. The Morgan fingerprint density at radius 1 is 0.938 bits per heavy atom. The molecule has 0 aliphatic rings. The van der Waals surface area contributed by atoms with Crippen LogP contribution >= 0.6 is 11.8 Å². The average molecular weight is 484 g/mol. The molecule has 0 spiro atoms. The van der Waals surface area contributed by atoms with Crippen LogP contribution < -0.4 is 28.7 Å². The number of esters is 4. The zero-order chi connectivity index (χ0) is 25.4. The van der Waals surface area contributed by atoms with E-state index in [1.54, 1.807) is 11.8 Å². The molecular weight excluding hydrogens is 450 g/mol. The van der Waals surface area contributed by atoms with Gasteiger partial charge in [-0.25, -0.2) is 9.59 Å². The first-order valence-corrected chi connectivity index (χ1v) is 10.7. The van der Waals surface area contributed by atoms with Crippen molar-refractivity contribution in [2.45, 2.75) is 50.5 Å². The molecule has 0 heterocycles. The number of hydrogen-bond acceptors (Lipinski definition) is 14. The summed E-state index contributed by atoms with van der Waals surface area (Å²) >= 11 is 1.57. The summed E-state index contributed by atoms with van der Waals surface area (Å²) in [5.41, 5.74) is 26.3. The number of aliphatic carboxylic acids is 1. The summed E-state index contributed by atoms with van der Waals surface area (Å²) in [4.78, 5) is 54.6. The normalized spacial score (nSPS) is 15.0. The number of rotatable bonds is 12. The van der Waals surface area contributed by atoms with Crippen molar-refractivity contribution >= 4 is 41.6 Å². The molecular formula is C17H33N5O9S. The predicted octanol–water partition coefficient (Wildman–Crippen LogP) is -3.36. The average Bonchev–Trinajstić information content (AvgIpc) is 2.74. The van der Waals surface area contributed by atoms with Gasteiger partial charge in [-0.05, 0) is 32.3 Å². The Labute approximate surface area is 189 Å². The Hall–Kier alpha value is -2.30. The second-order valence-electron chi connectivity index (χ2n) is 6.42. The van der Waals surface area contributed by atoms with Crippen LogP contribution in [0.4, 0.5) is 0 Å². The van der Waals surface area contributed by atoms with E-state index in [1.807, 2.05) is 6.26 Å². The monoisotopic (exact) mass is 483 g/mol. The topological polar surface area (TPSA) is 263 Å². The zero-order valence-corrected chi connectivity index (χ0v) is 19.0. The highest BCUT2D eigenvalue weighted by molar-refractivity contribution is 7.98. The first-order valence-electron chi connectivity index (χ1n) is 9.34. The van der Waals surface area contributed by atoms with Gasteiger partial charge in [0, 0.05) is 0 Å². The van der Waals surface area contributed by atoms with Gasteiger partial charge in [-0.3, -0.25) is 14.4 Å². The van der Waals surface area contributed by atoms with E-state index in [0.29, 0.717) is 6.42 Å². The van der Waals surface area contributed by atoms with Gasteiger partial charge in [0.15, 0.2) is 0 Å². The van der Waals surface area contributed by atoms with Crippen LogP contribution in [0, 0.1) is 0 Å². The molecule has 0 unspecified atom stereocenters. The molecule has 0 bridgehead atoms. The number of carboxylic acids is 1. The summed E-state index contributed by atoms with van der Waals surface area (Å²) in [5, 5.41) is 8.42. The maximum absolute atomic E-state index is 11.3. The molecule has 0 saturated heterocycles. The highest BCUT2D eigenvalue weighted by atomic mass is 32.2. The van der Waals surface area contributed by atoms with E-state index in [0.717, 1.165) is 5.75 Å². The molecule has 15 heteroatoms. The molecule has 11 N–H and O–H groups in total. The van der Waals surface area contributed by atoms with Crippen molar-refractivity contribution < 1.29 is 43.3 Å². The fourth-order valence-corrected chi connectivity index (χ4v) is 1.98. The Bertz CT molecular complexity index is 636. The van der Waals surface area contributed by atoms with Crippen molar-refractivity contribution in [3.05, 3.63) is 0 Å². The maximum atomic E-state index is 11.3. The van der Waals surface area contributed by atoms with Crippen molar-refractivity contribution in [3.63, 3.8) is 0 Å². The standard InChI is InChI=1S/C9H17N3O5.C8H16N2O4S/c1-4(11)8(14)17-9(15)7(12)5(2)16-6(13)3-10;1-15-3-2-5(9)8(13)14-4-6(10)7(11)12/h4-5,7H,3,10-12H2,1-2H3;5-6H,2-4,9-10H2,1H3,(H,11,12)/t4-,5+,7-;5-,6-/m00/s1. The highest BCUT2D eigenvalue weighted by Gasteiger charge is 2.28. The molecule has 0 aliphatic heterocycles. The molecule has 14 nitrogen and oxygen atoms in total. The predicted molar refractivity (Wildman–Crippen MR) is 115 cm³/mol. The van der Waals surface area contributed by atoms with E-state index in [2.05, 4.69) is 9.47 Å². The number of carbonyl (C=O) groups is 5. The lowest BCUT2D eigenvalue weighted by atomic mass is 10.2. The van der Waals surface area contributed by atoms with Gasteiger partial charge in [0.1, 0.15) is 36.9 Å². The van der Waals surface area contributed by atoms with Gasteiger partial charge in [-0.15, -0.1) is 0 Å². The Morgan fingerprint density at radius 2 is 1.50 bits per heavy atom. The lowest BCUT2D eigenvalue weighted by Gasteiger charge is -2.18. The van der Waals surface area contributed by atoms with E-state index >= 15 is 0 Å². The minimum absolute atomic E-state index is 0.328. The summed E-state index contributed by atoms with van der Waals surface area (Å²) in [6.45, 7) is 2.07. The van der Waals surface area contributed by atoms with Gasteiger partial charge >= 0.3 is 29.8 Å². The highest BCUT2D eigenvalue weighted by Crippen LogP contribution is 2.01. The number of ether oxygens (including phenoxy) is 3. The third-order valence-electron chi connectivity index (χ3n) is 3.49. The first kappa shape index (κ1) is 31.9. The van der Waals surface area contributed by atoms with Crippen molar-refractivity contribution in [1.82, 2.24) is 0 Å². The minimum Gasteiger partial charge on any atom is -0.480 e. The largest absolute Gasteiger partial charge is 0.480 e. The molecule has 186 valence electrons. The lowest BCUT2D eigenvalue weighted by molar-refractivity contribution is -0.164. The molecule has 0 aliphatic carbocycles. The quantitative estimate of drug-likeness (QED) is 0.0898. The number of nitrogens with two attached hydrogens (primary N) is 5. The maximum Gasteiger partial charge on any atom is 0.334 e. The van der Waals surface area contributed by atoms with Crippen LogP contribution in [-0.4, -0.2) is 90.4 Å². The third kappa shape index (κ3) is 14.7. The Morgan fingerprint density at radius 3 is 1.94 bits per heavy atom. The van der Waals surface area contributed by atoms with E-state index < -0.39 is 60.1 Å². The van der Waals surface area contributed by atoms with Gasteiger partial charge in [0.2, 0.25) is 0 Å². The van der Waals surface area contributed by atoms with Crippen LogP contribution in [0.2, 0.25) is 0 Å². The van der Waals surface area contributed by atoms with Crippen LogP contribution in [0.5, 0.6) is 0 Å².